The molecule has 2 aromatic rings. The van der Waals surface area contributed by atoms with Crippen molar-refractivity contribution in [3.8, 4) is 0 Å². The molecule has 3 nitrogen and oxygen atoms in total. The van der Waals surface area contributed by atoms with Crippen molar-refractivity contribution in [1.29, 1.82) is 0 Å². The van der Waals surface area contributed by atoms with Gasteiger partial charge in [-0.25, -0.2) is 4.79 Å². The molecule has 108 valence electrons. The number of nitrogens with zero attached hydrogens (tertiary/aromatic N) is 1. The van der Waals surface area contributed by atoms with Gasteiger partial charge in [0.05, 0.1) is 6.61 Å². The van der Waals surface area contributed by atoms with Crippen molar-refractivity contribution in [2.75, 3.05) is 6.61 Å². The Morgan fingerprint density at radius 3 is 2.24 bits per heavy atom. The van der Waals surface area contributed by atoms with Crippen molar-refractivity contribution in [2.45, 2.75) is 19.9 Å². The number of carbonyl (C=O) groups is 1. The van der Waals surface area contributed by atoms with Crippen molar-refractivity contribution in [1.82, 2.24) is 0 Å². The van der Waals surface area contributed by atoms with Gasteiger partial charge in [0.25, 0.3) is 6.04 Å². The maximum absolute atomic E-state index is 11.7. The highest BCUT2D eigenvalue weighted by Gasteiger charge is 2.22. The van der Waals surface area contributed by atoms with E-state index < -0.39 is 0 Å². The monoisotopic (exact) mass is 282 g/mol. The maximum Gasteiger partial charge on any atom is 0.375 e. The third kappa shape index (κ3) is 4.28. The van der Waals surface area contributed by atoms with Crippen LogP contribution in [-0.4, -0.2) is 12.6 Å². The standard InChI is InChI=1S/C18H20NO2/c1-3-21-18(20)15(2)19-13-11-17(12-14-19)10-9-16-7-5-4-6-8-16/h4-15H,3H2,1-2H3/q+1/b10-9+. The summed E-state index contributed by atoms with van der Waals surface area (Å²) in [6.45, 7) is 4.05. The molecule has 0 aliphatic heterocycles. The minimum Gasteiger partial charge on any atom is -0.461 e. The van der Waals surface area contributed by atoms with E-state index in [4.69, 9.17) is 4.74 Å². The summed E-state index contributed by atoms with van der Waals surface area (Å²) >= 11 is 0. The van der Waals surface area contributed by atoms with Crippen LogP contribution in [-0.2, 0) is 9.53 Å². The predicted molar refractivity (Wildman–Crippen MR) is 83.4 cm³/mol. The Labute approximate surface area is 125 Å². The van der Waals surface area contributed by atoms with Crippen LogP contribution < -0.4 is 4.57 Å². The third-order valence-electron chi connectivity index (χ3n) is 3.22. The van der Waals surface area contributed by atoms with E-state index in [-0.39, 0.29) is 12.0 Å². The summed E-state index contributed by atoms with van der Waals surface area (Å²) in [4.78, 5) is 11.7. The first kappa shape index (κ1) is 15.0. The summed E-state index contributed by atoms with van der Waals surface area (Å²) in [6, 6.07) is 13.8. The van der Waals surface area contributed by atoms with Crippen molar-refractivity contribution < 1.29 is 14.1 Å². The summed E-state index contributed by atoms with van der Waals surface area (Å²) in [5.74, 6) is -0.213. The van der Waals surface area contributed by atoms with Crippen molar-refractivity contribution >= 4 is 18.1 Å². The zero-order valence-electron chi connectivity index (χ0n) is 12.4. The zero-order valence-corrected chi connectivity index (χ0v) is 12.4. The van der Waals surface area contributed by atoms with Crippen LogP contribution >= 0.6 is 0 Å². The second kappa shape index (κ2) is 7.39. The lowest BCUT2D eigenvalue weighted by atomic mass is 10.1. The summed E-state index contributed by atoms with van der Waals surface area (Å²) in [5.41, 5.74) is 2.25. The number of carbonyl (C=O) groups excluding carboxylic acids is 1. The first-order chi connectivity index (χ1) is 10.2. The lowest BCUT2D eigenvalue weighted by Crippen LogP contribution is -2.42. The molecule has 0 aliphatic carbocycles. The van der Waals surface area contributed by atoms with E-state index in [0.29, 0.717) is 6.61 Å². The van der Waals surface area contributed by atoms with E-state index in [1.165, 1.54) is 0 Å². The van der Waals surface area contributed by atoms with Crippen molar-refractivity contribution in [3.05, 3.63) is 66.0 Å². The number of ether oxygens (including phenoxy) is 1. The lowest BCUT2D eigenvalue weighted by molar-refractivity contribution is -0.707. The molecule has 1 unspecified atom stereocenters. The summed E-state index contributed by atoms with van der Waals surface area (Å²) in [6.07, 6.45) is 7.90. The van der Waals surface area contributed by atoms with Crippen LogP contribution in [0.25, 0.3) is 12.2 Å². The van der Waals surface area contributed by atoms with Gasteiger partial charge in [0.15, 0.2) is 12.4 Å². The second-order valence-electron chi connectivity index (χ2n) is 4.75. The molecule has 0 N–H and O–H groups in total. The van der Waals surface area contributed by atoms with Gasteiger partial charge in [0, 0.05) is 19.1 Å². The van der Waals surface area contributed by atoms with Gasteiger partial charge in [-0.2, -0.15) is 4.57 Å². The first-order valence-corrected chi connectivity index (χ1v) is 7.11. The van der Waals surface area contributed by atoms with Crippen LogP contribution in [0.1, 0.15) is 31.0 Å². The van der Waals surface area contributed by atoms with Gasteiger partial charge in [0.1, 0.15) is 0 Å². The number of hydrogen-bond donors (Lipinski definition) is 0. The molecule has 0 aliphatic rings. The number of pyridine rings is 1. The molecule has 1 aromatic heterocycles. The molecule has 0 bridgehead atoms. The Kier molecular flexibility index (Phi) is 5.27. The molecular formula is C18H20NO2+. The van der Waals surface area contributed by atoms with Gasteiger partial charge < -0.3 is 4.74 Å². The Balaban J connectivity index is 2.05. The van der Waals surface area contributed by atoms with Crippen LogP contribution in [0.5, 0.6) is 0 Å². The van der Waals surface area contributed by atoms with E-state index in [1.54, 1.807) is 0 Å². The molecular weight excluding hydrogens is 262 g/mol. The normalized spacial score (nSPS) is 12.3. The highest BCUT2D eigenvalue weighted by Crippen LogP contribution is 2.07. The predicted octanol–water partition coefficient (Wildman–Crippen LogP) is 3.27. The molecule has 0 radical (unpaired) electrons. The molecule has 1 atom stereocenters. The van der Waals surface area contributed by atoms with E-state index in [0.717, 1.165) is 11.1 Å². The number of esters is 1. The number of rotatable bonds is 5. The van der Waals surface area contributed by atoms with Crippen LogP contribution in [0, 0.1) is 0 Å². The molecule has 0 saturated heterocycles. The Morgan fingerprint density at radius 2 is 1.67 bits per heavy atom. The first-order valence-electron chi connectivity index (χ1n) is 7.11. The molecule has 3 heteroatoms. The average molecular weight is 282 g/mol. The third-order valence-corrected chi connectivity index (χ3v) is 3.22. The second-order valence-corrected chi connectivity index (χ2v) is 4.75. The Morgan fingerprint density at radius 1 is 1.10 bits per heavy atom. The van der Waals surface area contributed by atoms with Gasteiger partial charge >= 0.3 is 5.97 Å². The minimum atomic E-state index is -0.308. The SMILES string of the molecule is CCOC(=O)C(C)[n+]1ccc(/C=C/c2ccccc2)cc1. The summed E-state index contributed by atoms with van der Waals surface area (Å²) in [5, 5.41) is 0. The Bertz CT molecular complexity index is 603. The minimum absolute atomic E-state index is 0.213. The van der Waals surface area contributed by atoms with Crippen LogP contribution in [0.2, 0.25) is 0 Å². The molecule has 1 aromatic carbocycles. The molecule has 1 heterocycles. The van der Waals surface area contributed by atoms with Crippen molar-refractivity contribution in [3.63, 3.8) is 0 Å². The van der Waals surface area contributed by atoms with Crippen LogP contribution in [0.4, 0.5) is 0 Å². The highest BCUT2D eigenvalue weighted by atomic mass is 16.5. The van der Waals surface area contributed by atoms with E-state index in [2.05, 4.69) is 24.3 Å². The average Bonchev–Trinajstić information content (AvgIpc) is 2.54. The van der Waals surface area contributed by atoms with Gasteiger partial charge in [-0.05, 0) is 18.1 Å². The molecule has 0 spiro atoms. The Hall–Kier alpha value is -2.42. The largest absolute Gasteiger partial charge is 0.461 e. The molecule has 0 amide bonds. The fraction of sp³-hybridized carbons (Fsp3) is 0.222. The number of benzene rings is 1. The summed E-state index contributed by atoms with van der Waals surface area (Å²) in [7, 11) is 0. The topological polar surface area (TPSA) is 30.2 Å². The van der Waals surface area contributed by atoms with Crippen LogP contribution in [0.15, 0.2) is 54.9 Å². The molecule has 21 heavy (non-hydrogen) atoms. The molecule has 2 rings (SSSR count). The fourth-order valence-corrected chi connectivity index (χ4v) is 1.96. The van der Waals surface area contributed by atoms with Crippen LogP contribution in [0.3, 0.4) is 0 Å². The van der Waals surface area contributed by atoms with Gasteiger partial charge in [-0.1, -0.05) is 42.5 Å². The molecule has 0 fully saturated rings. The number of hydrogen-bond acceptors (Lipinski definition) is 2. The van der Waals surface area contributed by atoms with E-state index in [1.807, 2.05) is 61.1 Å². The van der Waals surface area contributed by atoms with E-state index in [9.17, 15) is 4.79 Å². The van der Waals surface area contributed by atoms with Gasteiger partial charge in [-0.15, -0.1) is 0 Å². The smallest absolute Gasteiger partial charge is 0.375 e. The van der Waals surface area contributed by atoms with Gasteiger partial charge in [0.2, 0.25) is 0 Å². The maximum atomic E-state index is 11.7. The van der Waals surface area contributed by atoms with E-state index >= 15 is 0 Å². The molecule has 0 saturated carbocycles. The number of aromatic nitrogens is 1. The summed E-state index contributed by atoms with van der Waals surface area (Å²) < 4.78 is 6.86. The fourth-order valence-electron chi connectivity index (χ4n) is 1.96. The quantitative estimate of drug-likeness (QED) is 0.622. The zero-order chi connectivity index (χ0) is 15.1. The van der Waals surface area contributed by atoms with Crippen molar-refractivity contribution in [2.24, 2.45) is 0 Å². The lowest BCUT2D eigenvalue weighted by Gasteiger charge is -2.06. The highest BCUT2D eigenvalue weighted by molar-refractivity contribution is 5.72. The van der Waals surface area contributed by atoms with Gasteiger partial charge in [-0.3, -0.25) is 0 Å².